The highest BCUT2D eigenvalue weighted by Gasteiger charge is 2.41. The lowest BCUT2D eigenvalue weighted by atomic mass is 10.1. The first-order chi connectivity index (χ1) is 9.25. The number of amides is 2. The van der Waals surface area contributed by atoms with Crippen molar-refractivity contribution in [3.05, 3.63) is 35.9 Å². The molecular formula is C15H18N2O2. The van der Waals surface area contributed by atoms with Gasteiger partial charge in [0.1, 0.15) is 6.04 Å². The Kier molecular flexibility index (Phi) is 3.23. The lowest BCUT2D eigenvalue weighted by molar-refractivity contribution is -0.153. The van der Waals surface area contributed by atoms with Crippen molar-refractivity contribution in [2.75, 3.05) is 19.6 Å². The normalized spacial score (nSPS) is 22.8. The Hall–Kier alpha value is -1.84. The van der Waals surface area contributed by atoms with Crippen molar-refractivity contribution in [1.29, 1.82) is 0 Å². The van der Waals surface area contributed by atoms with Crippen molar-refractivity contribution in [2.24, 2.45) is 0 Å². The van der Waals surface area contributed by atoms with Gasteiger partial charge < -0.3 is 9.80 Å². The van der Waals surface area contributed by atoms with Crippen LogP contribution in [-0.4, -0.2) is 47.3 Å². The van der Waals surface area contributed by atoms with Crippen LogP contribution >= 0.6 is 0 Å². The Balaban J connectivity index is 1.65. The maximum Gasteiger partial charge on any atom is 0.245 e. The molecule has 1 aromatic rings. The van der Waals surface area contributed by atoms with Crippen LogP contribution in [0.1, 0.15) is 18.4 Å². The number of piperazine rings is 1. The van der Waals surface area contributed by atoms with Crippen LogP contribution in [-0.2, 0) is 16.0 Å². The Bertz CT molecular complexity index is 486. The van der Waals surface area contributed by atoms with E-state index >= 15 is 0 Å². The second-order valence-corrected chi connectivity index (χ2v) is 5.24. The topological polar surface area (TPSA) is 40.6 Å². The highest BCUT2D eigenvalue weighted by atomic mass is 16.2. The van der Waals surface area contributed by atoms with Gasteiger partial charge in [0.15, 0.2) is 0 Å². The van der Waals surface area contributed by atoms with Gasteiger partial charge in [-0.05, 0) is 24.8 Å². The molecule has 0 aromatic heterocycles. The number of hydrogen-bond acceptors (Lipinski definition) is 2. The van der Waals surface area contributed by atoms with Crippen LogP contribution in [0.4, 0.5) is 0 Å². The summed E-state index contributed by atoms with van der Waals surface area (Å²) < 4.78 is 0. The van der Waals surface area contributed by atoms with Crippen molar-refractivity contribution >= 4 is 11.8 Å². The van der Waals surface area contributed by atoms with Crippen LogP contribution in [0.25, 0.3) is 0 Å². The van der Waals surface area contributed by atoms with Crippen molar-refractivity contribution < 1.29 is 9.59 Å². The summed E-state index contributed by atoms with van der Waals surface area (Å²) >= 11 is 0. The van der Waals surface area contributed by atoms with Crippen LogP contribution in [0.15, 0.2) is 30.3 Å². The van der Waals surface area contributed by atoms with Gasteiger partial charge in [-0.3, -0.25) is 9.59 Å². The zero-order valence-electron chi connectivity index (χ0n) is 10.9. The fourth-order valence-corrected chi connectivity index (χ4v) is 2.96. The van der Waals surface area contributed by atoms with Crippen LogP contribution in [0.5, 0.6) is 0 Å². The second kappa shape index (κ2) is 5.03. The number of fused-ring (bicyclic) bond motifs is 1. The number of hydrogen-bond donors (Lipinski definition) is 0. The van der Waals surface area contributed by atoms with E-state index in [-0.39, 0.29) is 24.4 Å². The molecule has 19 heavy (non-hydrogen) atoms. The number of benzene rings is 1. The van der Waals surface area contributed by atoms with Crippen molar-refractivity contribution in [2.45, 2.75) is 25.3 Å². The monoisotopic (exact) mass is 258 g/mol. The summed E-state index contributed by atoms with van der Waals surface area (Å²) in [4.78, 5) is 27.8. The van der Waals surface area contributed by atoms with Gasteiger partial charge in [0.25, 0.3) is 0 Å². The molecule has 0 spiro atoms. The van der Waals surface area contributed by atoms with Gasteiger partial charge in [-0.15, -0.1) is 0 Å². The minimum Gasteiger partial charge on any atom is -0.331 e. The number of carbonyl (C=O) groups excluding carboxylic acids is 2. The molecular weight excluding hydrogens is 240 g/mol. The smallest absolute Gasteiger partial charge is 0.245 e. The molecule has 2 aliphatic rings. The molecule has 0 aliphatic carbocycles. The third kappa shape index (κ3) is 2.35. The molecule has 4 heteroatoms. The summed E-state index contributed by atoms with van der Waals surface area (Å²) in [6.45, 7) is 1.64. The quantitative estimate of drug-likeness (QED) is 0.813. The van der Waals surface area contributed by atoms with Gasteiger partial charge in [-0.1, -0.05) is 30.3 Å². The summed E-state index contributed by atoms with van der Waals surface area (Å²) in [7, 11) is 0. The molecule has 0 radical (unpaired) electrons. The molecule has 1 aromatic carbocycles. The minimum atomic E-state index is -0.183. The largest absolute Gasteiger partial charge is 0.331 e. The SMILES string of the molecule is O=C1[C@@H]2CCCN2C(=O)CN1CCc1ccccc1. The van der Waals surface area contributed by atoms with Gasteiger partial charge in [0, 0.05) is 13.1 Å². The molecule has 0 unspecified atom stereocenters. The summed E-state index contributed by atoms with van der Waals surface area (Å²) in [5.74, 6) is 0.239. The molecule has 3 rings (SSSR count). The van der Waals surface area contributed by atoms with E-state index in [4.69, 9.17) is 0 Å². The molecule has 4 nitrogen and oxygen atoms in total. The molecule has 0 bridgehead atoms. The molecule has 2 amide bonds. The van der Waals surface area contributed by atoms with E-state index in [0.717, 1.165) is 25.8 Å². The molecule has 0 N–H and O–H groups in total. The van der Waals surface area contributed by atoms with Gasteiger partial charge in [-0.25, -0.2) is 0 Å². The van der Waals surface area contributed by atoms with E-state index in [1.807, 2.05) is 18.2 Å². The van der Waals surface area contributed by atoms with Gasteiger partial charge in [0.05, 0.1) is 6.54 Å². The van der Waals surface area contributed by atoms with Gasteiger partial charge in [0.2, 0.25) is 11.8 Å². The Morgan fingerprint density at radius 2 is 1.95 bits per heavy atom. The van der Waals surface area contributed by atoms with E-state index in [1.165, 1.54) is 5.56 Å². The van der Waals surface area contributed by atoms with Gasteiger partial charge >= 0.3 is 0 Å². The maximum atomic E-state index is 12.3. The zero-order valence-corrected chi connectivity index (χ0v) is 10.9. The lowest BCUT2D eigenvalue weighted by Crippen LogP contribution is -2.57. The highest BCUT2D eigenvalue weighted by molar-refractivity contribution is 5.95. The first-order valence-corrected chi connectivity index (χ1v) is 6.88. The second-order valence-electron chi connectivity index (χ2n) is 5.24. The predicted molar refractivity (Wildman–Crippen MR) is 71.5 cm³/mol. The standard InChI is InChI=1S/C15H18N2O2/c18-14-11-16(10-8-12-5-2-1-3-6-12)15(19)13-7-4-9-17(13)14/h1-3,5-6,13H,4,7-11H2/t13-/m0/s1. The summed E-state index contributed by atoms with van der Waals surface area (Å²) in [5, 5.41) is 0. The zero-order chi connectivity index (χ0) is 13.2. The molecule has 2 saturated heterocycles. The third-order valence-corrected chi connectivity index (χ3v) is 4.01. The van der Waals surface area contributed by atoms with E-state index in [1.54, 1.807) is 9.80 Å². The molecule has 100 valence electrons. The fraction of sp³-hybridized carbons (Fsp3) is 0.467. The van der Waals surface area contributed by atoms with Crippen LogP contribution in [0.2, 0.25) is 0 Å². The number of rotatable bonds is 3. The Morgan fingerprint density at radius 3 is 2.74 bits per heavy atom. The fourth-order valence-electron chi connectivity index (χ4n) is 2.96. The molecule has 2 fully saturated rings. The maximum absolute atomic E-state index is 12.3. The van der Waals surface area contributed by atoms with E-state index in [0.29, 0.717) is 6.54 Å². The van der Waals surface area contributed by atoms with Crippen molar-refractivity contribution in [3.63, 3.8) is 0 Å². The first-order valence-electron chi connectivity index (χ1n) is 6.88. The molecule has 0 saturated carbocycles. The highest BCUT2D eigenvalue weighted by Crippen LogP contribution is 2.23. The number of carbonyl (C=O) groups is 2. The van der Waals surface area contributed by atoms with Crippen LogP contribution in [0, 0.1) is 0 Å². The van der Waals surface area contributed by atoms with Gasteiger partial charge in [-0.2, -0.15) is 0 Å². The predicted octanol–water partition coefficient (Wildman–Crippen LogP) is 1.06. The van der Waals surface area contributed by atoms with E-state index in [9.17, 15) is 9.59 Å². The lowest BCUT2D eigenvalue weighted by Gasteiger charge is -2.36. The Morgan fingerprint density at radius 1 is 1.16 bits per heavy atom. The third-order valence-electron chi connectivity index (χ3n) is 4.01. The van der Waals surface area contributed by atoms with E-state index < -0.39 is 0 Å². The average Bonchev–Trinajstić information content (AvgIpc) is 2.92. The average molecular weight is 258 g/mol. The van der Waals surface area contributed by atoms with Crippen LogP contribution in [0.3, 0.4) is 0 Å². The summed E-state index contributed by atoms with van der Waals surface area (Å²) in [6, 6.07) is 9.90. The molecule has 2 heterocycles. The number of nitrogens with zero attached hydrogens (tertiary/aromatic N) is 2. The summed E-state index contributed by atoms with van der Waals surface area (Å²) in [5.41, 5.74) is 1.21. The Labute approximate surface area is 113 Å². The minimum absolute atomic E-state index is 0.107. The first kappa shape index (κ1) is 12.2. The van der Waals surface area contributed by atoms with E-state index in [2.05, 4.69) is 12.1 Å². The van der Waals surface area contributed by atoms with Crippen molar-refractivity contribution in [1.82, 2.24) is 9.80 Å². The molecule has 1 atom stereocenters. The molecule has 2 aliphatic heterocycles. The summed E-state index contributed by atoms with van der Waals surface area (Å²) in [6.07, 6.45) is 2.59. The van der Waals surface area contributed by atoms with Crippen molar-refractivity contribution in [3.8, 4) is 0 Å². The van der Waals surface area contributed by atoms with Crippen LogP contribution < -0.4 is 0 Å².